The Bertz CT molecular complexity index is 533. The van der Waals surface area contributed by atoms with E-state index in [-0.39, 0.29) is 0 Å². The molecule has 0 radical (unpaired) electrons. The molecule has 94 valence electrons. The van der Waals surface area contributed by atoms with Crippen LogP contribution in [-0.4, -0.2) is 41.4 Å². The third-order valence-corrected chi connectivity index (χ3v) is 3.94. The Hall–Kier alpha value is -1.15. The summed E-state index contributed by atoms with van der Waals surface area (Å²) in [7, 11) is 0. The lowest BCUT2D eigenvalue weighted by molar-refractivity contribution is 0.580. The summed E-state index contributed by atoms with van der Waals surface area (Å²) < 4.78 is 1.18. The minimum atomic E-state index is 0.797. The molecular weight excluding hydrogens is 341 g/mol. The van der Waals surface area contributed by atoms with Crippen LogP contribution < -0.4 is 10.2 Å². The van der Waals surface area contributed by atoms with Crippen molar-refractivity contribution in [2.75, 3.05) is 31.1 Å². The van der Waals surface area contributed by atoms with E-state index in [1.165, 1.54) is 3.57 Å². The second-order valence-corrected chi connectivity index (χ2v) is 5.36. The molecule has 1 aliphatic rings. The van der Waals surface area contributed by atoms with Crippen molar-refractivity contribution >= 4 is 28.5 Å². The van der Waals surface area contributed by atoms with Crippen molar-refractivity contribution in [2.24, 2.45) is 0 Å². The van der Waals surface area contributed by atoms with E-state index >= 15 is 0 Å². The molecule has 1 aromatic heterocycles. The first kappa shape index (κ1) is 11.9. The Morgan fingerprint density at radius 1 is 1.17 bits per heavy atom. The number of nitrogens with zero attached hydrogens (tertiary/aromatic N) is 3. The Balaban J connectivity index is 1.87. The minimum absolute atomic E-state index is 0.797. The normalized spacial score (nSPS) is 15.9. The highest BCUT2D eigenvalue weighted by Gasteiger charge is 2.16. The van der Waals surface area contributed by atoms with Crippen LogP contribution in [-0.2, 0) is 0 Å². The second kappa shape index (κ2) is 5.23. The zero-order valence-corrected chi connectivity index (χ0v) is 12.0. The summed E-state index contributed by atoms with van der Waals surface area (Å²) in [4.78, 5) is 6.79. The van der Waals surface area contributed by atoms with E-state index in [0.717, 1.165) is 43.5 Å². The van der Waals surface area contributed by atoms with E-state index in [1.807, 2.05) is 12.1 Å². The highest BCUT2D eigenvalue weighted by Crippen LogP contribution is 2.23. The van der Waals surface area contributed by atoms with Crippen LogP contribution in [0.3, 0.4) is 0 Å². The van der Waals surface area contributed by atoms with E-state index in [0.29, 0.717) is 0 Å². The molecule has 3 rings (SSSR count). The largest absolute Gasteiger partial charge is 0.337 e. The Labute approximate surface area is 119 Å². The quantitative estimate of drug-likeness (QED) is 0.802. The molecule has 1 saturated heterocycles. The molecule has 1 aromatic carbocycles. The van der Waals surface area contributed by atoms with Crippen molar-refractivity contribution in [3.63, 3.8) is 0 Å². The van der Waals surface area contributed by atoms with Crippen LogP contribution in [0.1, 0.15) is 0 Å². The number of hydrogen-bond donors (Lipinski definition) is 2. The van der Waals surface area contributed by atoms with Gasteiger partial charge in [-0.15, -0.1) is 5.10 Å². The number of aromatic nitrogens is 3. The first-order chi connectivity index (χ1) is 8.84. The van der Waals surface area contributed by atoms with Crippen molar-refractivity contribution in [2.45, 2.75) is 0 Å². The molecule has 2 N–H and O–H groups in total. The summed E-state index contributed by atoms with van der Waals surface area (Å²) in [6.45, 7) is 3.91. The molecule has 2 aromatic rings. The molecule has 1 fully saturated rings. The highest BCUT2D eigenvalue weighted by atomic mass is 127. The van der Waals surface area contributed by atoms with Crippen LogP contribution in [0.5, 0.6) is 0 Å². The van der Waals surface area contributed by atoms with Gasteiger partial charge in [0.1, 0.15) is 0 Å². The van der Waals surface area contributed by atoms with Gasteiger partial charge in [0.25, 0.3) is 0 Å². The van der Waals surface area contributed by atoms with Gasteiger partial charge in [0.05, 0.1) is 0 Å². The second-order valence-electron chi connectivity index (χ2n) is 4.20. The number of aromatic amines is 1. The van der Waals surface area contributed by atoms with Crippen LogP contribution in [0.25, 0.3) is 11.4 Å². The van der Waals surface area contributed by atoms with E-state index in [4.69, 9.17) is 0 Å². The van der Waals surface area contributed by atoms with Gasteiger partial charge in [0.15, 0.2) is 5.82 Å². The number of anilines is 1. The monoisotopic (exact) mass is 355 g/mol. The fourth-order valence-electron chi connectivity index (χ4n) is 2.03. The minimum Gasteiger partial charge on any atom is -0.337 e. The Morgan fingerprint density at radius 2 is 1.94 bits per heavy atom. The van der Waals surface area contributed by atoms with Gasteiger partial charge in [-0.1, -0.05) is 18.2 Å². The topological polar surface area (TPSA) is 56.8 Å². The van der Waals surface area contributed by atoms with E-state index in [2.05, 4.69) is 60.1 Å². The molecular formula is C12H14IN5. The molecule has 0 spiro atoms. The predicted molar refractivity (Wildman–Crippen MR) is 79.6 cm³/mol. The van der Waals surface area contributed by atoms with Gasteiger partial charge >= 0.3 is 0 Å². The summed E-state index contributed by atoms with van der Waals surface area (Å²) >= 11 is 2.32. The maximum Gasteiger partial charge on any atom is 0.245 e. The van der Waals surface area contributed by atoms with Crippen LogP contribution >= 0.6 is 22.6 Å². The van der Waals surface area contributed by atoms with Crippen molar-refractivity contribution < 1.29 is 0 Å². The molecule has 2 heterocycles. The van der Waals surface area contributed by atoms with Gasteiger partial charge in [-0.2, -0.15) is 4.98 Å². The molecule has 0 bridgehead atoms. The third kappa shape index (κ3) is 2.35. The first-order valence-corrected chi connectivity index (χ1v) is 7.05. The van der Waals surface area contributed by atoms with Gasteiger partial charge < -0.3 is 10.2 Å². The summed E-state index contributed by atoms with van der Waals surface area (Å²) in [5, 5.41) is 10.7. The predicted octanol–water partition coefficient (Wildman–Crippen LogP) is 1.49. The van der Waals surface area contributed by atoms with Gasteiger partial charge in [-0.05, 0) is 28.7 Å². The van der Waals surface area contributed by atoms with E-state index in [9.17, 15) is 0 Å². The van der Waals surface area contributed by atoms with Crippen LogP contribution in [0.2, 0.25) is 0 Å². The number of benzene rings is 1. The van der Waals surface area contributed by atoms with Crippen LogP contribution in [0.4, 0.5) is 5.95 Å². The zero-order chi connectivity index (χ0) is 12.4. The maximum absolute atomic E-state index is 4.59. The van der Waals surface area contributed by atoms with Gasteiger partial charge in [-0.3, -0.25) is 5.10 Å². The standard InChI is InChI=1S/C12H14IN5/c13-10-4-2-1-3-9(10)11-15-12(17-16-11)18-7-5-14-6-8-18/h1-4,14H,5-8H2,(H,15,16,17). The molecule has 0 saturated carbocycles. The highest BCUT2D eigenvalue weighted by molar-refractivity contribution is 14.1. The molecule has 0 amide bonds. The average Bonchev–Trinajstić information content (AvgIpc) is 2.90. The number of H-pyrrole nitrogens is 1. The molecule has 18 heavy (non-hydrogen) atoms. The number of rotatable bonds is 2. The molecule has 1 aliphatic heterocycles. The smallest absolute Gasteiger partial charge is 0.245 e. The number of hydrogen-bond acceptors (Lipinski definition) is 4. The van der Waals surface area contributed by atoms with Gasteiger partial charge in [-0.25, -0.2) is 0 Å². The molecule has 0 aliphatic carbocycles. The summed E-state index contributed by atoms with van der Waals surface area (Å²) in [6.07, 6.45) is 0. The first-order valence-electron chi connectivity index (χ1n) is 5.97. The van der Waals surface area contributed by atoms with E-state index in [1.54, 1.807) is 0 Å². The number of piperazine rings is 1. The molecule has 5 nitrogen and oxygen atoms in total. The summed E-state index contributed by atoms with van der Waals surface area (Å²) in [6, 6.07) is 8.18. The van der Waals surface area contributed by atoms with Crippen molar-refractivity contribution in [3.05, 3.63) is 27.8 Å². The van der Waals surface area contributed by atoms with Crippen molar-refractivity contribution in [1.29, 1.82) is 0 Å². The van der Waals surface area contributed by atoms with Gasteiger partial charge in [0, 0.05) is 35.3 Å². The summed E-state index contributed by atoms with van der Waals surface area (Å²) in [5.41, 5.74) is 1.10. The third-order valence-electron chi connectivity index (χ3n) is 3.00. The van der Waals surface area contributed by atoms with Gasteiger partial charge in [0.2, 0.25) is 5.95 Å². The van der Waals surface area contributed by atoms with E-state index < -0.39 is 0 Å². The number of halogens is 1. The SMILES string of the molecule is Ic1ccccc1-c1nc(N2CCNCC2)n[nH]1. The average molecular weight is 355 g/mol. The lowest BCUT2D eigenvalue weighted by Gasteiger charge is -2.25. The Morgan fingerprint density at radius 3 is 2.72 bits per heavy atom. The Kier molecular flexibility index (Phi) is 3.46. The van der Waals surface area contributed by atoms with Crippen molar-refractivity contribution in [3.8, 4) is 11.4 Å². The fraction of sp³-hybridized carbons (Fsp3) is 0.333. The zero-order valence-electron chi connectivity index (χ0n) is 9.86. The molecule has 6 heteroatoms. The molecule has 0 unspecified atom stereocenters. The summed E-state index contributed by atoms with van der Waals surface area (Å²) in [5.74, 6) is 1.64. The number of nitrogens with one attached hydrogen (secondary N) is 2. The van der Waals surface area contributed by atoms with Crippen molar-refractivity contribution in [1.82, 2.24) is 20.5 Å². The van der Waals surface area contributed by atoms with Crippen LogP contribution in [0.15, 0.2) is 24.3 Å². The lowest BCUT2D eigenvalue weighted by Crippen LogP contribution is -2.44. The molecule has 0 atom stereocenters. The van der Waals surface area contributed by atoms with Crippen LogP contribution in [0, 0.1) is 3.57 Å². The fourth-order valence-corrected chi connectivity index (χ4v) is 2.68. The lowest BCUT2D eigenvalue weighted by atomic mass is 10.2. The maximum atomic E-state index is 4.59.